The lowest BCUT2D eigenvalue weighted by atomic mass is 10.1. The Morgan fingerprint density at radius 2 is 2.33 bits per heavy atom. The molecule has 0 radical (unpaired) electrons. The molecule has 3 heteroatoms. The lowest BCUT2D eigenvalue weighted by Gasteiger charge is -2.18. The number of aryl methyl sites for hydroxylation is 1. The monoisotopic (exact) mass is 207 g/mol. The second-order valence-electron chi connectivity index (χ2n) is 4.48. The second-order valence-corrected chi connectivity index (χ2v) is 4.48. The first-order valence-electron chi connectivity index (χ1n) is 6.02. The molecule has 0 aromatic carbocycles. The lowest BCUT2D eigenvalue weighted by Crippen LogP contribution is -2.26. The highest BCUT2D eigenvalue weighted by molar-refractivity contribution is 5.06. The molecule has 0 amide bonds. The molecule has 0 bridgehead atoms. The molecule has 1 saturated carbocycles. The summed E-state index contributed by atoms with van der Waals surface area (Å²) in [5.74, 6) is 2.86. The molecule has 15 heavy (non-hydrogen) atoms. The lowest BCUT2D eigenvalue weighted by molar-refractivity contribution is 0.436. The van der Waals surface area contributed by atoms with E-state index in [0.29, 0.717) is 6.04 Å². The van der Waals surface area contributed by atoms with E-state index in [1.165, 1.54) is 12.2 Å². The average molecular weight is 207 g/mol. The van der Waals surface area contributed by atoms with Crippen LogP contribution in [0.15, 0.2) is 12.4 Å². The molecule has 1 aliphatic carbocycles. The zero-order valence-electron chi connectivity index (χ0n) is 9.90. The second kappa shape index (κ2) is 4.35. The van der Waals surface area contributed by atoms with Crippen LogP contribution in [0.25, 0.3) is 0 Å². The van der Waals surface area contributed by atoms with Crippen molar-refractivity contribution in [2.75, 3.05) is 6.54 Å². The molecule has 1 fully saturated rings. The summed E-state index contributed by atoms with van der Waals surface area (Å²) >= 11 is 0. The Kier molecular flexibility index (Phi) is 3.10. The zero-order chi connectivity index (χ0) is 10.8. The van der Waals surface area contributed by atoms with E-state index in [2.05, 4.69) is 41.8 Å². The number of nitrogens with one attached hydrogen (secondary N) is 1. The fourth-order valence-corrected chi connectivity index (χ4v) is 2.34. The highest BCUT2D eigenvalue weighted by atomic mass is 15.1. The van der Waals surface area contributed by atoms with E-state index in [-0.39, 0.29) is 0 Å². The predicted octanol–water partition coefficient (Wildman–Crippen LogP) is 2.21. The minimum absolute atomic E-state index is 0.458. The smallest absolute Gasteiger partial charge is 0.126 e. The maximum Gasteiger partial charge on any atom is 0.126 e. The summed E-state index contributed by atoms with van der Waals surface area (Å²) < 4.78 is 2.25. The van der Waals surface area contributed by atoms with Crippen LogP contribution in [0.1, 0.15) is 39.1 Å². The molecule has 3 nitrogen and oxygen atoms in total. The SMILES string of the molecule is CCNC(c1nccn1CC)C1CC1C. The Morgan fingerprint density at radius 1 is 1.60 bits per heavy atom. The van der Waals surface area contributed by atoms with E-state index in [1.807, 2.05) is 6.20 Å². The number of hydrogen-bond acceptors (Lipinski definition) is 2. The van der Waals surface area contributed by atoms with Crippen molar-refractivity contribution in [1.29, 1.82) is 0 Å². The molecule has 1 aliphatic rings. The van der Waals surface area contributed by atoms with Crippen molar-refractivity contribution >= 4 is 0 Å². The van der Waals surface area contributed by atoms with Crippen molar-refractivity contribution in [2.24, 2.45) is 11.8 Å². The third-order valence-corrected chi connectivity index (χ3v) is 3.39. The van der Waals surface area contributed by atoms with Gasteiger partial charge in [0.15, 0.2) is 0 Å². The fourth-order valence-electron chi connectivity index (χ4n) is 2.34. The molecule has 0 spiro atoms. The molecule has 3 unspecified atom stereocenters. The summed E-state index contributed by atoms with van der Waals surface area (Å²) in [6, 6.07) is 0.458. The highest BCUT2D eigenvalue weighted by Crippen LogP contribution is 2.46. The van der Waals surface area contributed by atoms with Gasteiger partial charge in [-0.1, -0.05) is 13.8 Å². The quantitative estimate of drug-likeness (QED) is 0.802. The Hall–Kier alpha value is -0.830. The molecule has 1 heterocycles. The van der Waals surface area contributed by atoms with Crippen LogP contribution >= 0.6 is 0 Å². The minimum Gasteiger partial charge on any atom is -0.334 e. The van der Waals surface area contributed by atoms with Gasteiger partial charge in [-0.15, -0.1) is 0 Å². The van der Waals surface area contributed by atoms with Crippen molar-refractivity contribution in [3.8, 4) is 0 Å². The first kappa shape index (κ1) is 10.7. The van der Waals surface area contributed by atoms with Crippen LogP contribution < -0.4 is 5.32 Å². The summed E-state index contributed by atoms with van der Waals surface area (Å²) in [5, 5.41) is 3.57. The molecular formula is C12H21N3. The molecule has 1 N–H and O–H groups in total. The van der Waals surface area contributed by atoms with Crippen LogP contribution in [-0.4, -0.2) is 16.1 Å². The summed E-state index contributed by atoms with van der Waals surface area (Å²) in [6.07, 6.45) is 5.33. The van der Waals surface area contributed by atoms with Gasteiger partial charge in [0.1, 0.15) is 5.82 Å². The molecule has 0 aliphatic heterocycles. The van der Waals surface area contributed by atoms with Crippen LogP contribution in [0, 0.1) is 11.8 Å². The van der Waals surface area contributed by atoms with Crippen molar-refractivity contribution in [1.82, 2.24) is 14.9 Å². The van der Waals surface area contributed by atoms with E-state index in [4.69, 9.17) is 0 Å². The summed E-state index contributed by atoms with van der Waals surface area (Å²) in [6.45, 7) is 8.70. The molecule has 0 saturated heterocycles. The maximum absolute atomic E-state index is 4.50. The van der Waals surface area contributed by atoms with Crippen molar-refractivity contribution in [3.05, 3.63) is 18.2 Å². The Balaban J connectivity index is 2.16. The third kappa shape index (κ3) is 2.07. The van der Waals surface area contributed by atoms with Crippen LogP contribution in [0.5, 0.6) is 0 Å². The normalized spacial score (nSPS) is 26.6. The number of aromatic nitrogens is 2. The molecule has 3 atom stereocenters. The third-order valence-electron chi connectivity index (χ3n) is 3.39. The van der Waals surface area contributed by atoms with Gasteiger partial charge in [0.2, 0.25) is 0 Å². The van der Waals surface area contributed by atoms with Crippen LogP contribution in [0.4, 0.5) is 0 Å². The van der Waals surface area contributed by atoms with E-state index in [1.54, 1.807) is 0 Å². The fraction of sp³-hybridized carbons (Fsp3) is 0.750. The molecular weight excluding hydrogens is 186 g/mol. The standard InChI is InChI=1S/C12H21N3/c1-4-13-11(10-8-9(10)3)12-14-6-7-15(12)5-2/h6-7,9-11,13H,4-5,8H2,1-3H3. The van der Waals surface area contributed by atoms with Gasteiger partial charge < -0.3 is 9.88 Å². The van der Waals surface area contributed by atoms with Crippen LogP contribution in [0.3, 0.4) is 0 Å². The van der Waals surface area contributed by atoms with Gasteiger partial charge in [-0.3, -0.25) is 0 Å². The number of hydrogen-bond donors (Lipinski definition) is 1. The summed E-state index contributed by atoms with van der Waals surface area (Å²) in [5.41, 5.74) is 0. The van der Waals surface area contributed by atoms with Gasteiger partial charge >= 0.3 is 0 Å². The van der Waals surface area contributed by atoms with E-state index < -0.39 is 0 Å². The van der Waals surface area contributed by atoms with Gasteiger partial charge in [0.25, 0.3) is 0 Å². The molecule has 84 valence electrons. The summed E-state index contributed by atoms with van der Waals surface area (Å²) in [4.78, 5) is 4.50. The molecule has 1 aromatic heterocycles. The molecule has 2 rings (SSSR count). The topological polar surface area (TPSA) is 29.9 Å². The predicted molar refractivity (Wildman–Crippen MR) is 61.6 cm³/mol. The Morgan fingerprint density at radius 3 is 2.87 bits per heavy atom. The van der Waals surface area contributed by atoms with Crippen molar-refractivity contribution in [3.63, 3.8) is 0 Å². The van der Waals surface area contributed by atoms with Gasteiger partial charge in [-0.2, -0.15) is 0 Å². The Bertz CT molecular complexity index is 318. The largest absolute Gasteiger partial charge is 0.334 e. The minimum atomic E-state index is 0.458. The van der Waals surface area contributed by atoms with Crippen molar-refractivity contribution < 1.29 is 0 Å². The van der Waals surface area contributed by atoms with E-state index >= 15 is 0 Å². The number of rotatable bonds is 5. The van der Waals surface area contributed by atoms with Gasteiger partial charge in [-0.05, 0) is 31.7 Å². The Labute approximate surface area is 91.9 Å². The highest BCUT2D eigenvalue weighted by Gasteiger charge is 2.41. The van der Waals surface area contributed by atoms with Gasteiger partial charge in [0, 0.05) is 18.9 Å². The van der Waals surface area contributed by atoms with Crippen LogP contribution in [0.2, 0.25) is 0 Å². The van der Waals surface area contributed by atoms with E-state index in [9.17, 15) is 0 Å². The maximum atomic E-state index is 4.50. The molecule has 1 aromatic rings. The first-order chi connectivity index (χ1) is 7.27. The summed E-state index contributed by atoms with van der Waals surface area (Å²) in [7, 11) is 0. The van der Waals surface area contributed by atoms with Gasteiger partial charge in [0.05, 0.1) is 6.04 Å². The first-order valence-corrected chi connectivity index (χ1v) is 6.02. The number of nitrogens with zero attached hydrogens (tertiary/aromatic N) is 2. The zero-order valence-corrected chi connectivity index (χ0v) is 9.90. The number of imidazole rings is 1. The van der Waals surface area contributed by atoms with Gasteiger partial charge in [-0.25, -0.2) is 4.98 Å². The van der Waals surface area contributed by atoms with Crippen molar-refractivity contribution in [2.45, 2.75) is 39.8 Å². The van der Waals surface area contributed by atoms with Crippen LogP contribution in [-0.2, 0) is 6.54 Å². The van der Waals surface area contributed by atoms with E-state index in [0.717, 1.165) is 24.9 Å². The average Bonchev–Trinajstić information content (AvgIpc) is 2.80.